The lowest BCUT2D eigenvalue weighted by atomic mass is 10.0. The molecule has 9 heteroatoms. The van der Waals surface area contributed by atoms with Crippen LogP contribution in [0.4, 0.5) is 5.95 Å². The molecule has 0 bridgehead atoms. The average Bonchev–Trinajstić information content (AvgIpc) is 3.58. The van der Waals surface area contributed by atoms with E-state index in [1.54, 1.807) is 6.20 Å². The fourth-order valence-corrected chi connectivity index (χ4v) is 5.46. The van der Waals surface area contributed by atoms with Crippen LogP contribution in [-0.4, -0.2) is 51.3 Å². The Hall–Kier alpha value is -3.88. The van der Waals surface area contributed by atoms with E-state index in [0.717, 1.165) is 64.0 Å². The van der Waals surface area contributed by atoms with E-state index in [1.807, 2.05) is 58.0 Å². The highest BCUT2D eigenvalue weighted by atomic mass is 16.5. The van der Waals surface area contributed by atoms with E-state index in [0.29, 0.717) is 13.2 Å². The summed E-state index contributed by atoms with van der Waals surface area (Å²) in [5.74, 6) is 2.42. The molecule has 5 heterocycles. The Labute approximate surface area is 209 Å². The van der Waals surface area contributed by atoms with E-state index in [-0.39, 0.29) is 23.9 Å². The van der Waals surface area contributed by atoms with Crippen molar-refractivity contribution < 1.29 is 14.1 Å². The number of carbonyl (C=O) groups excluding carboxylic acids is 1. The lowest BCUT2D eigenvalue weighted by Gasteiger charge is -2.30. The van der Waals surface area contributed by atoms with Crippen molar-refractivity contribution in [3.05, 3.63) is 53.7 Å². The smallest absolute Gasteiger partial charge is 0.225 e. The minimum Gasteiger partial charge on any atom is -0.488 e. The molecular weight excluding hydrogens is 456 g/mol. The van der Waals surface area contributed by atoms with Gasteiger partial charge in [0.2, 0.25) is 11.9 Å². The lowest BCUT2D eigenvalue weighted by Crippen LogP contribution is -2.37. The highest BCUT2D eigenvalue weighted by Gasteiger charge is 2.36. The molecule has 1 saturated heterocycles. The predicted molar refractivity (Wildman–Crippen MR) is 136 cm³/mol. The first kappa shape index (κ1) is 22.6. The number of carbonyl (C=O) groups is 1. The topological polar surface area (TPSA) is 98.3 Å². The van der Waals surface area contributed by atoms with Gasteiger partial charge in [0, 0.05) is 30.9 Å². The number of rotatable bonds is 5. The number of amides is 1. The second-order valence-electron chi connectivity index (χ2n) is 9.97. The average molecular weight is 487 g/mol. The molecule has 186 valence electrons. The summed E-state index contributed by atoms with van der Waals surface area (Å²) in [5.41, 5.74) is 5.42. The number of hydrogen-bond acceptors (Lipinski definition) is 7. The van der Waals surface area contributed by atoms with Crippen LogP contribution < -0.4 is 15.0 Å². The zero-order valence-electron chi connectivity index (χ0n) is 21.0. The van der Waals surface area contributed by atoms with E-state index >= 15 is 0 Å². The first-order chi connectivity index (χ1) is 17.4. The van der Waals surface area contributed by atoms with E-state index in [2.05, 4.69) is 24.9 Å². The third kappa shape index (κ3) is 3.61. The van der Waals surface area contributed by atoms with Crippen molar-refractivity contribution in [3.63, 3.8) is 0 Å². The standard InChI is InChI=1S/C27H30N6O3/c1-15(2)29-26(34)18-10-12-32(13-18)27-30-21-9-8-19(23-16(3)31-36-17(23)4)25-24(21)33(27)22(14-35-25)20-7-5-6-11-28-20/h5-9,11,15,18,22H,10,12-14H2,1-4H3,(H,29,34)/t18?,22-/m1/s1. The quantitative estimate of drug-likeness (QED) is 0.455. The minimum atomic E-state index is -0.137. The fraction of sp³-hybridized carbons (Fsp3) is 0.407. The van der Waals surface area contributed by atoms with Gasteiger partial charge in [-0.25, -0.2) is 4.98 Å². The van der Waals surface area contributed by atoms with Gasteiger partial charge in [-0.15, -0.1) is 0 Å². The molecule has 0 radical (unpaired) electrons. The number of ether oxygens (including phenoxy) is 1. The fourth-order valence-electron chi connectivity index (χ4n) is 5.46. The van der Waals surface area contributed by atoms with Crippen LogP contribution >= 0.6 is 0 Å². The molecule has 1 unspecified atom stereocenters. The number of benzene rings is 1. The zero-order chi connectivity index (χ0) is 25.0. The maximum Gasteiger partial charge on any atom is 0.225 e. The van der Waals surface area contributed by atoms with Crippen molar-refractivity contribution in [1.29, 1.82) is 0 Å². The van der Waals surface area contributed by atoms with Crippen LogP contribution in [0.25, 0.3) is 22.2 Å². The summed E-state index contributed by atoms with van der Waals surface area (Å²) in [4.78, 5) is 24.7. The predicted octanol–water partition coefficient (Wildman–Crippen LogP) is 4.04. The Morgan fingerprint density at radius 3 is 2.78 bits per heavy atom. The van der Waals surface area contributed by atoms with Gasteiger partial charge in [0.1, 0.15) is 23.9 Å². The maximum atomic E-state index is 12.7. The van der Waals surface area contributed by atoms with Gasteiger partial charge in [-0.3, -0.25) is 14.3 Å². The first-order valence-corrected chi connectivity index (χ1v) is 12.5. The van der Waals surface area contributed by atoms with Gasteiger partial charge < -0.3 is 19.5 Å². The van der Waals surface area contributed by atoms with Crippen molar-refractivity contribution in [2.24, 2.45) is 5.92 Å². The number of nitrogens with zero attached hydrogens (tertiary/aromatic N) is 5. The summed E-state index contributed by atoms with van der Waals surface area (Å²) >= 11 is 0. The van der Waals surface area contributed by atoms with Crippen LogP contribution in [0.2, 0.25) is 0 Å². The van der Waals surface area contributed by atoms with Crippen molar-refractivity contribution in [2.45, 2.75) is 46.2 Å². The molecule has 2 atom stereocenters. The Kier molecular flexibility index (Phi) is 5.43. The molecule has 3 aromatic heterocycles. The van der Waals surface area contributed by atoms with Crippen LogP contribution in [-0.2, 0) is 4.79 Å². The number of nitrogens with one attached hydrogen (secondary N) is 1. The Morgan fingerprint density at radius 2 is 2.06 bits per heavy atom. The Morgan fingerprint density at radius 1 is 1.19 bits per heavy atom. The van der Waals surface area contributed by atoms with Crippen LogP contribution in [0.5, 0.6) is 5.75 Å². The van der Waals surface area contributed by atoms with Gasteiger partial charge in [-0.1, -0.05) is 11.2 Å². The van der Waals surface area contributed by atoms with Crippen molar-refractivity contribution >= 4 is 22.9 Å². The second-order valence-corrected chi connectivity index (χ2v) is 9.97. The van der Waals surface area contributed by atoms with E-state index < -0.39 is 0 Å². The summed E-state index contributed by atoms with van der Waals surface area (Å²) in [6.07, 6.45) is 2.60. The van der Waals surface area contributed by atoms with Crippen molar-refractivity contribution in [3.8, 4) is 16.9 Å². The summed E-state index contributed by atoms with van der Waals surface area (Å²) < 4.78 is 14.2. The van der Waals surface area contributed by atoms with E-state index in [9.17, 15) is 4.79 Å². The van der Waals surface area contributed by atoms with Crippen molar-refractivity contribution in [1.82, 2.24) is 25.0 Å². The van der Waals surface area contributed by atoms with E-state index in [1.165, 1.54) is 0 Å². The van der Waals surface area contributed by atoms with Crippen LogP contribution in [0, 0.1) is 19.8 Å². The van der Waals surface area contributed by atoms with Gasteiger partial charge in [0.05, 0.1) is 28.4 Å². The molecule has 1 aromatic carbocycles. The summed E-state index contributed by atoms with van der Waals surface area (Å²) in [5, 5.41) is 7.22. The monoisotopic (exact) mass is 486 g/mol. The summed E-state index contributed by atoms with van der Waals surface area (Å²) in [7, 11) is 0. The molecule has 36 heavy (non-hydrogen) atoms. The molecule has 1 amide bonds. The number of pyridine rings is 1. The molecule has 1 fully saturated rings. The minimum absolute atomic E-state index is 0.0644. The van der Waals surface area contributed by atoms with Gasteiger partial charge in [-0.2, -0.15) is 0 Å². The SMILES string of the molecule is Cc1noc(C)c1-c1ccc2nc(N3CCC(C(=O)NC(C)C)C3)n3c2c1OC[C@@H]3c1ccccn1. The summed E-state index contributed by atoms with van der Waals surface area (Å²) in [6, 6.07) is 9.99. The molecule has 0 spiro atoms. The number of hydrogen-bond donors (Lipinski definition) is 1. The third-order valence-corrected chi connectivity index (χ3v) is 7.09. The molecule has 6 rings (SSSR count). The van der Waals surface area contributed by atoms with E-state index in [4.69, 9.17) is 14.2 Å². The second kappa shape index (κ2) is 8.65. The first-order valence-electron chi connectivity index (χ1n) is 12.5. The molecule has 9 nitrogen and oxygen atoms in total. The maximum absolute atomic E-state index is 12.7. The Bertz CT molecular complexity index is 1420. The third-order valence-electron chi connectivity index (χ3n) is 7.09. The molecule has 4 aromatic rings. The largest absolute Gasteiger partial charge is 0.488 e. The molecule has 2 aliphatic rings. The number of aryl methyl sites for hydroxylation is 2. The van der Waals surface area contributed by atoms with Crippen molar-refractivity contribution in [2.75, 3.05) is 24.6 Å². The number of imidazole rings is 1. The summed E-state index contributed by atoms with van der Waals surface area (Å²) in [6.45, 7) is 9.66. The lowest BCUT2D eigenvalue weighted by molar-refractivity contribution is -0.124. The molecular formula is C27H30N6O3. The molecule has 1 N–H and O–H groups in total. The normalized spacial score (nSPS) is 19.2. The highest BCUT2D eigenvalue weighted by molar-refractivity contribution is 5.94. The van der Waals surface area contributed by atoms with Crippen LogP contribution in [0.1, 0.15) is 43.5 Å². The van der Waals surface area contributed by atoms with Gasteiger partial charge in [0.15, 0.2) is 5.75 Å². The van der Waals surface area contributed by atoms with Gasteiger partial charge in [0.25, 0.3) is 0 Å². The number of anilines is 1. The van der Waals surface area contributed by atoms with Gasteiger partial charge in [-0.05, 0) is 58.4 Å². The molecule has 0 aliphatic carbocycles. The van der Waals surface area contributed by atoms with Gasteiger partial charge >= 0.3 is 0 Å². The Balaban J connectivity index is 1.50. The highest BCUT2D eigenvalue weighted by Crippen LogP contribution is 2.46. The van der Waals surface area contributed by atoms with Crippen LogP contribution in [0.3, 0.4) is 0 Å². The molecule has 0 saturated carbocycles. The number of aromatic nitrogens is 4. The zero-order valence-corrected chi connectivity index (χ0v) is 21.0. The molecule has 2 aliphatic heterocycles. The van der Waals surface area contributed by atoms with Crippen LogP contribution in [0.15, 0.2) is 41.1 Å².